The molecule has 8 nitrogen and oxygen atoms in total. The Morgan fingerprint density at radius 3 is 2.43 bits per heavy atom. The Morgan fingerprint density at radius 1 is 1.05 bits per heavy atom. The third kappa shape index (κ3) is 4.79. The number of amides is 1. The Kier molecular flexibility index (Phi) is 6.43. The molecule has 1 amide bonds. The molecule has 0 bridgehead atoms. The van der Waals surface area contributed by atoms with E-state index in [0.717, 1.165) is 26.6 Å². The van der Waals surface area contributed by atoms with Crippen molar-refractivity contribution in [1.82, 2.24) is 14.8 Å². The van der Waals surface area contributed by atoms with Crippen LogP contribution in [0.4, 0.5) is 10.1 Å². The van der Waals surface area contributed by atoms with Crippen LogP contribution in [-0.2, 0) is 16.0 Å². The molecule has 5 rings (SSSR count). The number of nitrogens with one attached hydrogen (secondary N) is 1. The first-order valence-corrected chi connectivity index (χ1v) is 12.5. The Hall–Kier alpha value is -4.18. The van der Waals surface area contributed by atoms with Crippen molar-refractivity contribution in [3.05, 3.63) is 93.1 Å². The van der Waals surface area contributed by atoms with E-state index < -0.39 is 12.0 Å². The van der Waals surface area contributed by atoms with E-state index in [0.29, 0.717) is 28.6 Å². The fraction of sp³-hybridized carbons (Fsp3) is 0.222. The molecule has 1 aliphatic rings. The summed E-state index contributed by atoms with van der Waals surface area (Å²) >= 11 is 1.60. The van der Waals surface area contributed by atoms with Gasteiger partial charge in [-0.05, 0) is 56.2 Å². The van der Waals surface area contributed by atoms with E-state index in [4.69, 9.17) is 4.99 Å². The third-order valence-corrected chi connectivity index (χ3v) is 7.52. The quantitative estimate of drug-likeness (QED) is 0.377. The van der Waals surface area contributed by atoms with Gasteiger partial charge in [0.2, 0.25) is 5.91 Å². The molecule has 0 saturated carbocycles. The number of carboxylic acid groups (broad SMARTS) is 1. The number of carbonyl (C=O) groups is 2. The Morgan fingerprint density at radius 2 is 1.76 bits per heavy atom. The van der Waals surface area contributed by atoms with Crippen LogP contribution in [0.5, 0.6) is 0 Å². The van der Waals surface area contributed by atoms with Gasteiger partial charge in [0.15, 0.2) is 5.82 Å². The Balaban J connectivity index is 1.49. The summed E-state index contributed by atoms with van der Waals surface area (Å²) in [6.07, 6.45) is -0.0900. The maximum atomic E-state index is 13.1. The van der Waals surface area contributed by atoms with E-state index in [1.165, 1.54) is 12.1 Å². The van der Waals surface area contributed by atoms with Crippen molar-refractivity contribution in [3.63, 3.8) is 0 Å². The van der Waals surface area contributed by atoms with Crippen LogP contribution in [0.3, 0.4) is 0 Å². The molecular formula is C27H24FN5O3S. The minimum Gasteiger partial charge on any atom is -0.481 e. The van der Waals surface area contributed by atoms with Crippen molar-refractivity contribution in [1.29, 1.82) is 0 Å². The Labute approximate surface area is 216 Å². The number of aliphatic carboxylic acids is 1. The highest BCUT2D eigenvalue weighted by Crippen LogP contribution is 2.39. The fourth-order valence-electron chi connectivity index (χ4n) is 4.39. The normalized spacial score (nSPS) is 14.4. The van der Waals surface area contributed by atoms with Gasteiger partial charge < -0.3 is 10.4 Å². The maximum Gasteiger partial charge on any atom is 0.306 e. The minimum atomic E-state index is -0.974. The maximum absolute atomic E-state index is 13.1. The largest absolute Gasteiger partial charge is 0.481 e. The van der Waals surface area contributed by atoms with Gasteiger partial charge in [-0.25, -0.2) is 4.39 Å². The average molecular weight is 518 g/mol. The molecule has 1 aliphatic heterocycles. The summed E-state index contributed by atoms with van der Waals surface area (Å²) < 4.78 is 15.0. The number of aromatic nitrogens is 3. The number of thiophene rings is 1. The molecule has 0 spiro atoms. The van der Waals surface area contributed by atoms with Crippen LogP contribution >= 0.6 is 11.3 Å². The second-order valence-electron chi connectivity index (χ2n) is 8.92. The number of benzene rings is 2. The van der Waals surface area contributed by atoms with Gasteiger partial charge in [-0.3, -0.25) is 19.1 Å². The van der Waals surface area contributed by atoms with Crippen LogP contribution in [0.2, 0.25) is 0 Å². The van der Waals surface area contributed by atoms with Crippen LogP contribution in [0.25, 0.3) is 5.00 Å². The highest BCUT2D eigenvalue weighted by Gasteiger charge is 2.32. The number of aliphatic imine (C=N–C) groups is 1. The molecule has 2 aromatic heterocycles. The smallest absolute Gasteiger partial charge is 0.306 e. The second-order valence-corrected chi connectivity index (χ2v) is 10.1. The lowest BCUT2D eigenvalue weighted by Gasteiger charge is -2.12. The van der Waals surface area contributed by atoms with Gasteiger partial charge in [0, 0.05) is 21.7 Å². The van der Waals surface area contributed by atoms with Gasteiger partial charge in [0.25, 0.3) is 0 Å². The Bertz CT molecular complexity index is 1540. The van der Waals surface area contributed by atoms with E-state index in [2.05, 4.69) is 15.5 Å². The van der Waals surface area contributed by atoms with E-state index >= 15 is 0 Å². The summed E-state index contributed by atoms with van der Waals surface area (Å²) in [4.78, 5) is 30.2. The second kappa shape index (κ2) is 9.70. The van der Waals surface area contributed by atoms with Crippen molar-refractivity contribution >= 4 is 34.6 Å². The van der Waals surface area contributed by atoms with Crippen LogP contribution in [0.15, 0.2) is 53.5 Å². The number of hydrogen-bond acceptors (Lipinski definition) is 6. The number of carboxylic acids is 1. The summed E-state index contributed by atoms with van der Waals surface area (Å²) in [7, 11) is 0. The van der Waals surface area contributed by atoms with Crippen LogP contribution in [-0.4, -0.2) is 37.5 Å². The lowest BCUT2D eigenvalue weighted by atomic mass is 9.99. The summed E-state index contributed by atoms with van der Waals surface area (Å²) in [6.45, 7) is 5.91. The summed E-state index contributed by atoms with van der Waals surface area (Å²) in [6, 6.07) is 12.4. The first-order chi connectivity index (χ1) is 17.7. The van der Waals surface area contributed by atoms with Crippen molar-refractivity contribution in [2.75, 3.05) is 5.32 Å². The summed E-state index contributed by atoms with van der Waals surface area (Å²) in [5, 5.41) is 21.8. The number of carbonyl (C=O) groups excluding carboxylic acids is 1. The molecule has 0 fully saturated rings. The molecule has 3 heterocycles. The molecule has 2 aromatic carbocycles. The fourth-order valence-corrected chi connectivity index (χ4v) is 5.61. The number of rotatable bonds is 6. The number of fused-ring (bicyclic) bond motifs is 3. The molecule has 0 unspecified atom stereocenters. The number of aryl methyl sites for hydroxylation is 2. The van der Waals surface area contributed by atoms with Crippen molar-refractivity contribution < 1.29 is 19.1 Å². The van der Waals surface area contributed by atoms with E-state index in [-0.39, 0.29) is 24.6 Å². The van der Waals surface area contributed by atoms with Crippen LogP contribution in [0, 0.1) is 26.6 Å². The predicted octanol–water partition coefficient (Wildman–Crippen LogP) is 4.94. The van der Waals surface area contributed by atoms with Gasteiger partial charge in [-0.15, -0.1) is 21.5 Å². The molecular weight excluding hydrogens is 493 g/mol. The number of halogens is 1. The van der Waals surface area contributed by atoms with Crippen molar-refractivity contribution in [3.8, 4) is 5.00 Å². The molecule has 1 atom stereocenters. The van der Waals surface area contributed by atoms with Crippen molar-refractivity contribution in [2.45, 2.75) is 39.7 Å². The summed E-state index contributed by atoms with van der Waals surface area (Å²) in [5.41, 5.74) is 4.78. The van der Waals surface area contributed by atoms with Gasteiger partial charge in [0.1, 0.15) is 22.7 Å². The topological polar surface area (TPSA) is 109 Å². The predicted molar refractivity (Wildman–Crippen MR) is 139 cm³/mol. The molecule has 10 heteroatoms. The molecule has 2 N–H and O–H groups in total. The zero-order valence-electron chi connectivity index (χ0n) is 20.4. The van der Waals surface area contributed by atoms with E-state index in [9.17, 15) is 19.1 Å². The average Bonchev–Trinajstić information content (AvgIpc) is 3.33. The van der Waals surface area contributed by atoms with Gasteiger partial charge in [-0.1, -0.05) is 24.3 Å². The molecule has 4 aromatic rings. The SMILES string of the molecule is Cc1sc2c(c1C)C(c1ccc(NC(=O)Cc3ccc(F)cc3)cc1)=N[C@@H](CC(=O)O)c1nnc(C)n1-2. The standard InChI is InChI=1S/C27H24FN5O3S/c1-14-15(2)37-27-24(14)25(30-21(13-23(35)36)26-32-31-16(3)33(26)27)18-6-10-20(11-7-18)29-22(34)12-17-4-8-19(28)9-5-17/h4-11,21H,12-13H2,1-3H3,(H,29,34)(H,35,36)/t21-/m0/s1. The highest BCUT2D eigenvalue weighted by molar-refractivity contribution is 7.15. The third-order valence-electron chi connectivity index (χ3n) is 6.33. The summed E-state index contributed by atoms with van der Waals surface area (Å²) in [5.74, 6) is -0.364. The van der Waals surface area contributed by atoms with Gasteiger partial charge in [-0.2, -0.15) is 0 Å². The number of anilines is 1. The minimum absolute atomic E-state index is 0.126. The van der Waals surface area contributed by atoms with Crippen LogP contribution in [0.1, 0.15) is 51.2 Å². The zero-order valence-corrected chi connectivity index (χ0v) is 21.3. The van der Waals surface area contributed by atoms with Gasteiger partial charge in [0.05, 0.1) is 18.6 Å². The molecule has 0 aliphatic carbocycles. The van der Waals surface area contributed by atoms with E-state index in [1.54, 1.807) is 35.6 Å². The van der Waals surface area contributed by atoms with Crippen LogP contribution < -0.4 is 5.32 Å². The zero-order chi connectivity index (χ0) is 26.3. The molecule has 0 saturated heterocycles. The lowest BCUT2D eigenvalue weighted by Crippen LogP contribution is -2.14. The van der Waals surface area contributed by atoms with Crippen molar-refractivity contribution in [2.24, 2.45) is 4.99 Å². The lowest BCUT2D eigenvalue weighted by molar-refractivity contribution is -0.137. The molecule has 188 valence electrons. The molecule has 0 radical (unpaired) electrons. The van der Waals surface area contributed by atoms with Gasteiger partial charge >= 0.3 is 5.97 Å². The molecule has 37 heavy (non-hydrogen) atoms. The first kappa shape index (κ1) is 24.5. The monoisotopic (exact) mass is 517 g/mol. The number of hydrogen-bond donors (Lipinski definition) is 2. The van der Waals surface area contributed by atoms with E-state index in [1.807, 2.05) is 37.5 Å². The number of nitrogens with zero attached hydrogens (tertiary/aromatic N) is 4. The first-order valence-electron chi connectivity index (χ1n) is 11.7. The highest BCUT2D eigenvalue weighted by atomic mass is 32.1.